The maximum atomic E-state index is 12.8. The summed E-state index contributed by atoms with van der Waals surface area (Å²) in [5.41, 5.74) is 0.823. The standard InChI is InChI=1S/C17H23FN2O/c1-2-11-20-12-9-16(10-13-20)19-17(21)8-5-14-3-6-15(18)7-4-14/h3-8,16H,2,9-13H2,1H3,(H,19,21)/b8-5+. The fourth-order valence-electron chi connectivity index (χ4n) is 2.61. The molecule has 1 saturated heterocycles. The smallest absolute Gasteiger partial charge is 0.244 e. The van der Waals surface area contributed by atoms with Crippen LogP contribution in [0.5, 0.6) is 0 Å². The molecule has 0 unspecified atom stereocenters. The number of carbonyl (C=O) groups is 1. The Morgan fingerprint density at radius 2 is 2.00 bits per heavy atom. The number of nitrogens with one attached hydrogen (secondary N) is 1. The SMILES string of the molecule is CCCN1CCC(NC(=O)/C=C/c2ccc(F)cc2)CC1. The number of benzene rings is 1. The number of rotatable bonds is 5. The van der Waals surface area contributed by atoms with Crippen LogP contribution in [0.1, 0.15) is 31.7 Å². The van der Waals surface area contributed by atoms with Gasteiger partial charge in [-0.15, -0.1) is 0 Å². The lowest BCUT2D eigenvalue weighted by Crippen LogP contribution is -2.44. The van der Waals surface area contributed by atoms with Crippen LogP contribution in [0, 0.1) is 5.82 Å². The van der Waals surface area contributed by atoms with E-state index in [1.165, 1.54) is 24.6 Å². The number of nitrogens with zero attached hydrogens (tertiary/aromatic N) is 1. The molecule has 0 bridgehead atoms. The van der Waals surface area contributed by atoms with Crippen LogP contribution >= 0.6 is 0 Å². The molecule has 1 aromatic rings. The average molecular weight is 290 g/mol. The third-order valence-electron chi connectivity index (χ3n) is 3.77. The lowest BCUT2D eigenvalue weighted by molar-refractivity contribution is -0.117. The van der Waals surface area contributed by atoms with Gasteiger partial charge in [-0.25, -0.2) is 4.39 Å². The van der Waals surface area contributed by atoms with Crippen LogP contribution in [0.15, 0.2) is 30.3 Å². The Kier molecular flexibility index (Phi) is 5.93. The number of halogens is 1. The molecule has 1 fully saturated rings. The highest BCUT2D eigenvalue weighted by Gasteiger charge is 2.19. The minimum absolute atomic E-state index is 0.0757. The minimum atomic E-state index is -0.268. The van der Waals surface area contributed by atoms with Crippen LogP contribution in [0.25, 0.3) is 6.08 Å². The van der Waals surface area contributed by atoms with Crippen LogP contribution in [0.4, 0.5) is 4.39 Å². The highest BCUT2D eigenvalue weighted by molar-refractivity contribution is 5.91. The van der Waals surface area contributed by atoms with E-state index in [9.17, 15) is 9.18 Å². The van der Waals surface area contributed by atoms with Gasteiger partial charge in [-0.1, -0.05) is 19.1 Å². The number of hydrogen-bond acceptors (Lipinski definition) is 2. The zero-order chi connectivity index (χ0) is 15.1. The van der Waals surface area contributed by atoms with Crippen LogP contribution < -0.4 is 5.32 Å². The average Bonchev–Trinajstić information content (AvgIpc) is 2.49. The summed E-state index contributed by atoms with van der Waals surface area (Å²) in [5.74, 6) is -0.344. The van der Waals surface area contributed by atoms with Gasteiger partial charge in [0.25, 0.3) is 0 Å². The van der Waals surface area contributed by atoms with Crippen LogP contribution in [-0.4, -0.2) is 36.5 Å². The Morgan fingerprint density at radius 1 is 1.33 bits per heavy atom. The predicted octanol–water partition coefficient (Wildman–Crippen LogP) is 2.83. The van der Waals surface area contributed by atoms with Gasteiger partial charge in [0.1, 0.15) is 5.82 Å². The van der Waals surface area contributed by atoms with Gasteiger partial charge in [0.05, 0.1) is 0 Å². The summed E-state index contributed by atoms with van der Waals surface area (Å²) in [4.78, 5) is 14.3. The summed E-state index contributed by atoms with van der Waals surface area (Å²) in [6.45, 7) is 5.44. The van der Waals surface area contributed by atoms with Gasteiger partial charge >= 0.3 is 0 Å². The Bertz CT molecular complexity index is 476. The first-order valence-electron chi connectivity index (χ1n) is 7.64. The first kappa shape index (κ1) is 15.7. The van der Waals surface area contributed by atoms with Crippen molar-refractivity contribution in [2.24, 2.45) is 0 Å². The highest BCUT2D eigenvalue weighted by atomic mass is 19.1. The zero-order valence-electron chi connectivity index (χ0n) is 12.5. The van der Waals surface area contributed by atoms with Crippen molar-refractivity contribution in [3.63, 3.8) is 0 Å². The third kappa shape index (κ3) is 5.31. The molecule has 2 rings (SSSR count). The predicted molar refractivity (Wildman–Crippen MR) is 83.3 cm³/mol. The summed E-state index contributed by atoms with van der Waals surface area (Å²) < 4.78 is 12.8. The van der Waals surface area contributed by atoms with Gasteiger partial charge in [-0.3, -0.25) is 4.79 Å². The molecule has 0 radical (unpaired) electrons. The molecule has 1 aromatic carbocycles. The Balaban J connectivity index is 1.76. The van der Waals surface area contributed by atoms with E-state index < -0.39 is 0 Å². The molecule has 1 aliphatic heterocycles. The highest BCUT2D eigenvalue weighted by Crippen LogP contribution is 2.11. The molecule has 0 atom stereocenters. The normalized spacial score (nSPS) is 17.2. The van der Waals surface area contributed by atoms with Crippen molar-refractivity contribution in [3.8, 4) is 0 Å². The van der Waals surface area contributed by atoms with E-state index in [1.807, 2.05) is 0 Å². The van der Waals surface area contributed by atoms with E-state index in [1.54, 1.807) is 18.2 Å². The van der Waals surface area contributed by atoms with E-state index in [0.29, 0.717) is 0 Å². The number of carbonyl (C=O) groups excluding carboxylic acids is 1. The van der Waals surface area contributed by atoms with Crippen molar-refractivity contribution in [1.29, 1.82) is 0 Å². The molecule has 114 valence electrons. The molecule has 0 spiro atoms. The topological polar surface area (TPSA) is 32.3 Å². The molecule has 1 N–H and O–H groups in total. The van der Waals surface area contributed by atoms with Gasteiger partial charge in [0, 0.05) is 25.2 Å². The summed E-state index contributed by atoms with van der Waals surface area (Å²) in [6, 6.07) is 6.36. The van der Waals surface area contributed by atoms with Crippen LogP contribution in [-0.2, 0) is 4.79 Å². The van der Waals surface area contributed by atoms with Gasteiger partial charge in [0.2, 0.25) is 5.91 Å². The molecule has 0 aliphatic carbocycles. The first-order chi connectivity index (χ1) is 10.2. The van der Waals surface area contributed by atoms with Crippen molar-refractivity contribution in [3.05, 3.63) is 41.7 Å². The van der Waals surface area contributed by atoms with Gasteiger partial charge < -0.3 is 10.2 Å². The van der Waals surface area contributed by atoms with Gasteiger partial charge in [0.15, 0.2) is 0 Å². The van der Waals surface area contributed by atoms with Crippen molar-refractivity contribution in [2.75, 3.05) is 19.6 Å². The van der Waals surface area contributed by atoms with E-state index in [4.69, 9.17) is 0 Å². The molecular weight excluding hydrogens is 267 g/mol. The monoisotopic (exact) mass is 290 g/mol. The van der Waals surface area contributed by atoms with Crippen molar-refractivity contribution < 1.29 is 9.18 Å². The molecule has 0 saturated carbocycles. The first-order valence-corrected chi connectivity index (χ1v) is 7.64. The van der Waals surface area contributed by atoms with Gasteiger partial charge in [-0.2, -0.15) is 0 Å². The Hall–Kier alpha value is -1.68. The van der Waals surface area contributed by atoms with E-state index in [0.717, 1.165) is 38.0 Å². The van der Waals surface area contributed by atoms with E-state index in [2.05, 4.69) is 17.1 Å². The lowest BCUT2D eigenvalue weighted by Gasteiger charge is -2.31. The second-order valence-electron chi connectivity index (χ2n) is 5.51. The van der Waals surface area contributed by atoms with E-state index >= 15 is 0 Å². The molecule has 1 amide bonds. The van der Waals surface area contributed by atoms with Crippen molar-refractivity contribution >= 4 is 12.0 Å². The van der Waals surface area contributed by atoms with Crippen molar-refractivity contribution in [2.45, 2.75) is 32.2 Å². The Morgan fingerprint density at radius 3 is 2.62 bits per heavy atom. The van der Waals surface area contributed by atoms with Crippen LogP contribution in [0.3, 0.4) is 0 Å². The fourth-order valence-corrected chi connectivity index (χ4v) is 2.61. The largest absolute Gasteiger partial charge is 0.350 e. The van der Waals surface area contributed by atoms with Crippen molar-refractivity contribution in [1.82, 2.24) is 10.2 Å². The molecular formula is C17H23FN2O. The second-order valence-corrected chi connectivity index (χ2v) is 5.51. The summed E-state index contributed by atoms with van der Waals surface area (Å²) in [5, 5.41) is 3.04. The molecule has 4 heteroatoms. The quantitative estimate of drug-likeness (QED) is 0.846. The molecule has 3 nitrogen and oxygen atoms in total. The number of likely N-dealkylation sites (tertiary alicyclic amines) is 1. The molecule has 1 aliphatic rings. The Labute approximate surface area is 125 Å². The molecule has 21 heavy (non-hydrogen) atoms. The summed E-state index contributed by atoms with van der Waals surface area (Å²) >= 11 is 0. The number of amides is 1. The second kappa shape index (κ2) is 7.93. The zero-order valence-corrected chi connectivity index (χ0v) is 12.5. The fraction of sp³-hybridized carbons (Fsp3) is 0.471. The van der Waals surface area contributed by atoms with Gasteiger partial charge in [-0.05, 0) is 49.6 Å². The van der Waals surface area contributed by atoms with E-state index in [-0.39, 0.29) is 17.8 Å². The lowest BCUT2D eigenvalue weighted by atomic mass is 10.0. The third-order valence-corrected chi connectivity index (χ3v) is 3.77. The number of hydrogen-bond donors (Lipinski definition) is 1. The molecule has 1 heterocycles. The molecule has 0 aromatic heterocycles. The maximum Gasteiger partial charge on any atom is 0.244 e. The summed E-state index contributed by atoms with van der Waals surface area (Å²) in [6.07, 6.45) is 6.43. The maximum absolute atomic E-state index is 12.8. The number of piperidine rings is 1. The minimum Gasteiger partial charge on any atom is -0.350 e. The summed E-state index contributed by atoms with van der Waals surface area (Å²) in [7, 11) is 0. The van der Waals surface area contributed by atoms with Crippen LogP contribution in [0.2, 0.25) is 0 Å².